The average Bonchev–Trinajstić information content (AvgIpc) is 4.06. The molecule has 0 saturated carbocycles. The Labute approximate surface area is 343 Å². The van der Waals surface area contributed by atoms with E-state index in [-0.39, 0.29) is 32.1 Å². The smallest absolute Gasteiger partial charge is 0.312 e. The van der Waals surface area contributed by atoms with E-state index < -0.39 is 54.6 Å². The van der Waals surface area contributed by atoms with Crippen LogP contribution in [0, 0.1) is 0 Å². The first-order valence-corrected chi connectivity index (χ1v) is 19.9. The van der Waals surface area contributed by atoms with Crippen LogP contribution in [0.25, 0.3) is 43.6 Å². The van der Waals surface area contributed by atoms with Crippen LogP contribution in [-0.4, -0.2) is 74.5 Å². The summed E-state index contributed by atoms with van der Waals surface area (Å²) in [6.07, 6.45) is -0.0661. The summed E-state index contributed by atoms with van der Waals surface area (Å²) < 4.78 is 31.1. The van der Waals surface area contributed by atoms with Crippen molar-refractivity contribution >= 4 is 67.5 Å². The summed E-state index contributed by atoms with van der Waals surface area (Å²) in [4.78, 5) is 68.5. The Bertz CT molecular complexity index is 2850. The topological polar surface area (TPSA) is 178 Å². The number of ether oxygens (including phenoxy) is 5. The molecule has 0 radical (unpaired) electrons. The van der Waals surface area contributed by atoms with Crippen molar-refractivity contribution < 1.29 is 42.9 Å². The highest BCUT2D eigenvalue weighted by atomic mass is 16.7. The average molecular weight is 807 g/mol. The molecule has 0 amide bonds. The van der Waals surface area contributed by atoms with Gasteiger partial charge in [-0.2, -0.15) is 0 Å². The molecule has 0 aliphatic carbocycles. The summed E-state index contributed by atoms with van der Waals surface area (Å²) in [6, 6.07) is 30.2. The molecule has 304 valence electrons. The highest BCUT2D eigenvalue weighted by molar-refractivity contribution is 5.90. The van der Waals surface area contributed by atoms with E-state index in [4.69, 9.17) is 23.7 Å². The minimum atomic E-state index is -1.53. The zero-order valence-electron chi connectivity index (χ0n) is 32.6. The fourth-order valence-electron chi connectivity index (χ4n) is 8.19. The summed E-state index contributed by atoms with van der Waals surface area (Å²) in [5.41, 5.74) is 6.13. The molecule has 8 aromatic rings. The van der Waals surface area contributed by atoms with Crippen LogP contribution in [-0.2, 0) is 68.5 Å². The van der Waals surface area contributed by atoms with Crippen molar-refractivity contribution in [3.63, 3.8) is 0 Å². The van der Waals surface area contributed by atoms with Crippen molar-refractivity contribution in [2.24, 2.45) is 0 Å². The van der Waals surface area contributed by atoms with Gasteiger partial charge in [0.05, 0.1) is 25.7 Å². The molecule has 0 bridgehead atoms. The molecule has 4 N–H and O–H groups in total. The SMILES string of the molecule is CC[C@@H]1O[C@H](OC(=O)Cc2c[nH]c3ccccc23)[C@H](OC(=O)Cc2c[nH]c3ccccc23)[C@H](OC(=O)Cc2c[nH]c3ccccc23)[C@H]1OC(=O)Cc1c[nH]c2ccccc12. The Hall–Kier alpha value is -7.12. The standard InChI is InChI=1S/C47H42N4O9/c1-2-39-44(57-40(52)19-27-23-48-35-15-7-3-11-31(27)35)45(58-41(53)20-28-24-49-36-16-8-4-12-32(28)36)46(59-42(54)21-29-25-50-37-17-9-5-13-33(29)37)47(56-39)60-43(55)22-30-26-51-38-18-10-6-14-34(30)38/h3-18,23-26,39,44-51H,2,19-22H2,1H3/t39-,44-,45+,46+,47+/m0/s1. The molecule has 1 fully saturated rings. The molecular weight excluding hydrogens is 765 g/mol. The van der Waals surface area contributed by atoms with Gasteiger partial charge in [0.15, 0.2) is 12.2 Å². The van der Waals surface area contributed by atoms with E-state index in [0.717, 1.165) is 43.6 Å². The van der Waals surface area contributed by atoms with E-state index >= 15 is 0 Å². The molecule has 1 saturated heterocycles. The van der Waals surface area contributed by atoms with Crippen LogP contribution in [0.1, 0.15) is 35.6 Å². The number of aromatic nitrogens is 4. The monoisotopic (exact) mass is 806 g/mol. The second-order valence-electron chi connectivity index (χ2n) is 14.9. The molecule has 0 unspecified atom stereocenters. The number of hydrogen-bond acceptors (Lipinski definition) is 9. The van der Waals surface area contributed by atoms with Gasteiger partial charge in [-0.25, -0.2) is 0 Å². The highest BCUT2D eigenvalue weighted by Gasteiger charge is 2.53. The van der Waals surface area contributed by atoms with Gasteiger partial charge in [0.1, 0.15) is 6.10 Å². The highest BCUT2D eigenvalue weighted by Crippen LogP contribution is 2.33. The number of fused-ring (bicyclic) bond motifs is 4. The molecule has 9 rings (SSSR count). The van der Waals surface area contributed by atoms with Gasteiger partial charge in [0.2, 0.25) is 12.4 Å². The van der Waals surface area contributed by atoms with Gasteiger partial charge in [-0.3, -0.25) is 19.2 Å². The van der Waals surface area contributed by atoms with E-state index in [0.29, 0.717) is 22.3 Å². The van der Waals surface area contributed by atoms with Gasteiger partial charge in [-0.15, -0.1) is 0 Å². The first kappa shape index (κ1) is 38.4. The predicted molar refractivity (Wildman–Crippen MR) is 223 cm³/mol. The lowest BCUT2D eigenvalue weighted by Crippen LogP contribution is -2.62. The number of benzene rings is 4. The van der Waals surface area contributed by atoms with Crippen LogP contribution in [0.4, 0.5) is 0 Å². The number of carbonyl (C=O) groups excluding carboxylic acids is 4. The van der Waals surface area contributed by atoms with Crippen molar-refractivity contribution in [3.8, 4) is 0 Å². The summed E-state index contributed by atoms with van der Waals surface area (Å²) >= 11 is 0. The lowest BCUT2D eigenvalue weighted by Gasteiger charge is -2.44. The summed E-state index contributed by atoms with van der Waals surface area (Å²) in [5.74, 6) is -2.68. The second kappa shape index (κ2) is 16.6. The van der Waals surface area contributed by atoms with Crippen molar-refractivity contribution in [2.75, 3.05) is 0 Å². The largest absolute Gasteiger partial charge is 0.455 e. The lowest BCUT2D eigenvalue weighted by molar-refractivity contribution is -0.297. The van der Waals surface area contributed by atoms with Gasteiger partial charge >= 0.3 is 23.9 Å². The molecule has 13 heteroatoms. The molecule has 5 heterocycles. The lowest BCUT2D eigenvalue weighted by atomic mass is 9.96. The number of rotatable bonds is 13. The third kappa shape index (κ3) is 7.86. The van der Waals surface area contributed by atoms with Crippen LogP contribution >= 0.6 is 0 Å². The molecular formula is C47H42N4O9. The van der Waals surface area contributed by atoms with Crippen LogP contribution < -0.4 is 0 Å². The number of nitrogens with one attached hydrogen (secondary N) is 4. The number of carbonyl (C=O) groups is 4. The Morgan fingerprint density at radius 2 is 0.767 bits per heavy atom. The van der Waals surface area contributed by atoms with E-state index in [1.54, 1.807) is 24.8 Å². The van der Waals surface area contributed by atoms with Crippen molar-refractivity contribution in [1.29, 1.82) is 0 Å². The summed E-state index contributed by atoms with van der Waals surface area (Å²) in [6.45, 7) is 1.81. The van der Waals surface area contributed by atoms with Gasteiger partial charge in [-0.05, 0) is 52.9 Å². The molecule has 4 aromatic heterocycles. The first-order valence-electron chi connectivity index (χ1n) is 19.9. The number of para-hydroxylation sites is 4. The minimum absolute atomic E-state index is 0.110. The number of H-pyrrole nitrogens is 4. The fraction of sp³-hybridized carbons (Fsp3) is 0.234. The summed E-state index contributed by atoms with van der Waals surface area (Å²) in [5, 5.41) is 3.36. The zero-order chi connectivity index (χ0) is 41.2. The van der Waals surface area contributed by atoms with E-state index in [9.17, 15) is 19.2 Å². The maximum Gasteiger partial charge on any atom is 0.312 e. The van der Waals surface area contributed by atoms with Crippen molar-refractivity contribution in [1.82, 2.24) is 19.9 Å². The predicted octanol–water partition coefficient (Wildman–Crippen LogP) is 7.30. The molecule has 5 atom stereocenters. The number of esters is 4. The Kier molecular flexibility index (Phi) is 10.6. The number of aromatic amines is 4. The Morgan fingerprint density at radius 3 is 1.13 bits per heavy atom. The van der Waals surface area contributed by atoms with Gasteiger partial charge < -0.3 is 43.6 Å². The minimum Gasteiger partial charge on any atom is -0.455 e. The Morgan fingerprint density at radius 1 is 0.450 bits per heavy atom. The van der Waals surface area contributed by atoms with E-state index in [2.05, 4.69) is 19.9 Å². The summed E-state index contributed by atoms with van der Waals surface area (Å²) in [7, 11) is 0. The second-order valence-corrected chi connectivity index (χ2v) is 14.9. The Balaban J connectivity index is 1.04. The maximum absolute atomic E-state index is 14.1. The van der Waals surface area contributed by atoms with Gasteiger partial charge in [-0.1, -0.05) is 79.7 Å². The molecule has 1 aliphatic rings. The third-order valence-corrected chi connectivity index (χ3v) is 11.1. The van der Waals surface area contributed by atoms with E-state index in [1.807, 2.05) is 104 Å². The van der Waals surface area contributed by atoms with Gasteiger partial charge in [0, 0.05) is 68.4 Å². The van der Waals surface area contributed by atoms with Crippen LogP contribution in [0.5, 0.6) is 0 Å². The van der Waals surface area contributed by atoms with Crippen molar-refractivity contribution in [2.45, 2.75) is 69.7 Å². The van der Waals surface area contributed by atoms with Crippen LogP contribution in [0.15, 0.2) is 122 Å². The zero-order valence-corrected chi connectivity index (χ0v) is 32.6. The van der Waals surface area contributed by atoms with Gasteiger partial charge in [0.25, 0.3) is 0 Å². The molecule has 60 heavy (non-hydrogen) atoms. The molecule has 1 aliphatic heterocycles. The molecule has 13 nitrogen and oxygen atoms in total. The molecule has 4 aromatic carbocycles. The first-order chi connectivity index (χ1) is 29.3. The molecule has 0 spiro atoms. The van der Waals surface area contributed by atoms with Crippen LogP contribution in [0.3, 0.4) is 0 Å². The van der Waals surface area contributed by atoms with E-state index in [1.165, 1.54) is 0 Å². The van der Waals surface area contributed by atoms with Crippen molar-refractivity contribution in [3.05, 3.63) is 144 Å². The third-order valence-electron chi connectivity index (χ3n) is 11.1. The number of hydrogen-bond donors (Lipinski definition) is 4. The maximum atomic E-state index is 14.1. The fourth-order valence-corrected chi connectivity index (χ4v) is 8.19. The van der Waals surface area contributed by atoms with Crippen LogP contribution in [0.2, 0.25) is 0 Å². The quantitative estimate of drug-likeness (QED) is 0.0688. The normalized spacial score (nSPS) is 19.1.